The van der Waals surface area contributed by atoms with Crippen LogP contribution in [0.3, 0.4) is 0 Å². The van der Waals surface area contributed by atoms with Gasteiger partial charge in [-0.15, -0.1) is 0 Å². The normalized spacial score (nSPS) is 11.2. The number of hydrogen-bond acceptors (Lipinski definition) is 4. The largest absolute Gasteiger partial charge is 0.342 e. The number of unbranched alkanes of at least 4 members (excludes halogenated alkanes) is 2. The van der Waals surface area contributed by atoms with Crippen molar-refractivity contribution in [1.82, 2.24) is 29.9 Å². The number of aromatic nitrogens is 5. The van der Waals surface area contributed by atoms with Crippen LogP contribution < -0.4 is 0 Å². The molecule has 0 unspecified atom stereocenters. The van der Waals surface area contributed by atoms with Gasteiger partial charge in [0.15, 0.2) is 5.65 Å². The molecule has 32 heavy (non-hydrogen) atoms. The van der Waals surface area contributed by atoms with Crippen LogP contribution in [0.5, 0.6) is 0 Å². The number of carbonyl (C=O) groups excluding carboxylic acids is 1. The summed E-state index contributed by atoms with van der Waals surface area (Å²) < 4.78 is 1.74. The fourth-order valence-corrected chi connectivity index (χ4v) is 4.13. The van der Waals surface area contributed by atoms with Gasteiger partial charge in [0.1, 0.15) is 0 Å². The Morgan fingerprint density at radius 2 is 1.88 bits per heavy atom. The number of H-pyrrole nitrogens is 1. The first-order valence-corrected chi connectivity index (χ1v) is 11.1. The summed E-state index contributed by atoms with van der Waals surface area (Å²) in [7, 11) is 3.74. The zero-order valence-corrected chi connectivity index (χ0v) is 19.2. The van der Waals surface area contributed by atoms with Gasteiger partial charge in [-0.1, -0.05) is 36.8 Å². The number of aryl methyl sites for hydroxylation is 4. The van der Waals surface area contributed by atoms with Gasteiger partial charge >= 0.3 is 0 Å². The Balaban J connectivity index is 1.29. The van der Waals surface area contributed by atoms with Crippen LogP contribution in [-0.4, -0.2) is 49.4 Å². The Hall–Kier alpha value is -3.48. The molecule has 1 N–H and O–H groups in total. The second kappa shape index (κ2) is 9.34. The maximum atomic E-state index is 13.1. The van der Waals surface area contributed by atoms with Crippen molar-refractivity contribution in [1.29, 1.82) is 0 Å². The lowest BCUT2D eigenvalue weighted by Crippen LogP contribution is -2.28. The second-order valence-electron chi connectivity index (χ2n) is 8.40. The number of pyridine rings is 1. The van der Waals surface area contributed by atoms with Crippen molar-refractivity contribution >= 4 is 16.9 Å². The van der Waals surface area contributed by atoms with E-state index in [4.69, 9.17) is 0 Å². The summed E-state index contributed by atoms with van der Waals surface area (Å²) in [5, 5.41) is 12.9. The van der Waals surface area contributed by atoms with Gasteiger partial charge in [0.25, 0.3) is 5.91 Å². The molecule has 0 saturated carbocycles. The molecule has 1 amide bonds. The molecule has 4 rings (SSSR count). The van der Waals surface area contributed by atoms with Gasteiger partial charge in [-0.05, 0) is 45.2 Å². The van der Waals surface area contributed by atoms with Crippen LogP contribution in [0.15, 0.2) is 42.5 Å². The molecule has 0 bridgehead atoms. The Morgan fingerprint density at radius 3 is 2.66 bits per heavy atom. The summed E-state index contributed by atoms with van der Waals surface area (Å²) in [4.78, 5) is 19.5. The van der Waals surface area contributed by atoms with Crippen LogP contribution in [-0.2, 0) is 13.5 Å². The summed E-state index contributed by atoms with van der Waals surface area (Å²) >= 11 is 0. The van der Waals surface area contributed by atoms with Crippen molar-refractivity contribution in [3.63, 3.8) is 0 Å². The molecule has 3 aromatic heterocycles. The third-order valence-electron chi connectivity index (χ3n) is 5.81. The van der Waals surface area contributed by atoms with Crippen molar-refractivity contribution in [2.75, 3.05) is 13.6 Å². The average Bonchev–Trinajstić information content (AvgIpc) is 3.37. The lowest BCUT2D eigenvalue weighted by atomic mass is 10.1. The van der Waals surface area contributed by atoms with Gasteiger partial charge in [0.2, 0.25) is 0 Å². The van der Waals surface area contributed by atoms with Crippen molar-refractivity contribution in [2.45, 2.75) is 39.5 Å². The van der Waals surface area contributed by atoms with E-state index in [1.165, 1.54) is 0 Å². The Labute approximate surface area is 188 Å². The van der Waals surface area contributed by atoms with Crippen LogP contribution in [0.2, 0.25) is 0 Å². The van der Waals surface area contributed by atoms with E-state index in [-0.39, 0.29) is 5.91 Å². The number of fused-ring (bicyclic) bond motifs is 1. The van der Waals surface area contributed by atoms with E-state index < -0.39 is 0 Å². The van der Waals surface area contributed by atoms with Crippen LogP contribution in [0.1, 0.15) is 46.7 Å². The highest BCUT2D eigenvalue weighted by Crippen LogP contribution is 2.23. The van der Waals surface area contributed by atoms with Gasteiger partial charge in [-0.3, -0.25) is 14.6 Å². The molecule has 0 spiro atoms. The lowest BCUT2D eigenvalue weighted by molar-refractivity contribution is 0.0794. The molecule has 0 aliphatic carbocycles. The highest BCUT2D eigenvalue weighted by Gasteiger charge is 2.20. The molecule has 166 valence electrons. The molecule has 7 heteroatoms. The Morgan fingerprint density at radius 1 is 1.09 bits per heavy atom. The van der Waals surface area contributed by atoms with Crippen LogP contribution in [0.4, 0.5) is 0 Å². The fraction of sp³-hybridized carbons (Fsp3) is 0.360. The predicted molar refractivity (Wildman–Crippen MR) is 127 cm³/mol. The number of rotatable bonds is 8. The minimum atomic E-state index is 0.0256. The molecule has 0 saturated heterocycles. The number of nitrogens with one attached hydrogen (secondary N) is 1. The van der Waals surface area contributed by atoms with Gasteiger partial charge in [-0.2, -0.15) is 10.2 Å². The van der Waals surface area contributed by atoms with Crippen molar-refractivity contribution < 1.29 is 4.79 Å². The topological polar surface area (TPSA) is 79.7 Å². The van der Waals surface area contributed by atoms with E-state index >= 15 is 0 Å². The number of nitrogens with zero attached hydrogens (tertiary/aromatic N) is 5. The summed E-state index contributed by atoms with van der Waals surface area (Å²) in [6.45, 7) is 4.56. The van der Waals surface area contributed by atoms with Gasteiger partial charge < -0.3 is 4.90 Å². The van der Waals surface area contributed by atoms with Gasteiger partial charge in [-0.25, -0.2) is 4.98 Å². The Kier molecular flexibility index (Phi) is 6.35. The van der Waals surface area contributed by atoms with E-state index in [0.29, 0.717) is 5.56 Å². The molecule has 0 aliphatic heterocycles. The summed E-state index contributed by atoms with van der Waals surface area (Å²) in [6.07, 6.45) is 4.02. The molecule has 0 radical (unpaired) electrons. The molecule has 0 fully saturated rings. The molecule has 4 aromatic rings. The van der Waals surface area contributed by atoms with Gasteiger partial charge in [0, 0.05) is 37.6 Å². The van der Waals surface area contributed by atoms with Crippen molar-refractivity contribution in [3.8, 4) is 11.3 Å². The second-order valence-corrected chi connectivity index (χ2v) is 8.40. The minimum Gasteiger partial charge on any atom is -0.342 e. The monoisotopic (exact) mass is 430 g/mol. The van der Waals surface area contributed by atoms with Gasteiger partial charge in [0.05, 0.1) is 22.3 Å². The number of aromatic amines is 1. The first kappa shape index (κ1) is 21.7. The smallest absolute Gasteiger partial charge is 0.254 e. The zero-order valence-electron chi connectivity index (χ0n) is 19.2. The molecule has 1 aromatic carbocycles. The average molecular weight is 431 g/mol. The van der Waals surface area contributed by atoms with E-state index in [1.807, 2.05) is 57.1 Å². The summed E-state index contributed by atoms with van der Waals surface area (Å²) in [5.41, 5.74) is 6.36. The number of hydrogen-bond donors (Lipinski definition) is 1. The van der Waals surface area contributed by atoms with Crippen LogP contribution in [0.25, 0.3) is 22.3 Å². The number of amides is 1. The minimum absolute atomic E-state index is 0.0256. The first-order valence-electron chi connectivity index (χ1n) is 11.1. The standard InChI is InChI=1S/C25H30N6O/c1-17-15-21(23-18(2)29-31(4)24(23)26-17)25(32)30(3)14-10-6-9-13-20-16-22(28-27-20)19-11-7-5-8-12-19/h5,7-8,11-12,15-16H,6,9-10,13-14H2,1-4H3,(H,27,28). The highest BCUT2D eigenvalue weighted by atomic mass is 16.2. The predicted octanol–water partition coefficient (Wildman–Crippen LogP) is 4.46. The lowest BCUT2D eigenvalue weighted by Gasteiger charge is -2.18. The van der Waals surface area contributed by atoms with Crippen LogP contribution in [0, 0.1) is 13.8 Å². The Bertz CT molecular complexity index is 1220. The molecule has 0 atom stereocenters. The maximum Gasteiger partial charge on any atom is 0.254 e. The molecular weight excluding hydrogens is 400 g/mol. The van der Waals surface area contributed by atoms with E-state index in [2.05, 4.69) is 38.5 Å². The van der Waals surface area contributed by atoms with E-state index in [1.54, 1.807) is 4.68 Å². The third-order valence-corrected chi connectivity index (χ3v) is 5.81. The molecular formula is C25H30N6O. The van der Waals surface area contributed by atoms with Crippen molar-refractivity contribution in [3.05, 3.63) is 65.1 Å². The maximum absolute atomic E-state index is 13.1. The number of carbonyl (C=O) groups is 1. The van der Waals surface area contributed by atoms with Crippen LogP contribution >= 0.6 is 0 Å². The van der Waals surface area contributed by atoms with E-state index in [0.717, 1.165) is 71.6 Å². The highest BCUT2D eigenvalue weighted by molar-refractivity contribution is 6.06. The number of benzene rings is 1. The fourth-order valence-electron chi connectivity index (χ4n) is 4.13. The third kappa shape index (κ3) is 4.56. The molecule has 0 aliphatic rings. The summed E-state index contributed by atoms with van der Waals surface area (Å²) in [6, 6.07) is 14.2. The van der Waals surface area contributed by atoms with E-state index in [9.17, 15) is 4.79 Å². The molecule has 3 heterocycles. The quantitative estimate of drug-likeness (QED) is 0.419. The van der Waals surface area contributed by atoms with Crippen molar-refractivity contribution in [2.24, 2.45) is 7.05 Å². The first-order chi connectivity index (χ1) is 15.4. The summed E-state index contributed by atoms with van der Waals surface area (Å²) in [5.74, 6) is 0.0256. The molecule has 7 nitrogen and oxygen atoms in total. The zero-order chi connectivity index (χ0) is 22.7. The SMILES string of the molecule is Cc1cc(C(=O)N(C)CCCCCc2cc(-c3ccccc3)n[nH]2)c2c(C)nn(C)c2n1.